The largest absolute Gasteiger partial charge is 0.394 e. The SMILES string of the molecule is N[C@@H]1C(OCC2OC(O[C@@H]3[C@H](O)C(O[C@@H]4C(CO)OC(O)[C@@H](O)[C@H]4O)OC(CO)[C@@H]3O)[C@H](O)[C@@H](O)[C@@H]2O)OC(CO)[C@H](O)[C@@H]1O. The molecule has 0 aromatic rings. The molecule has 4 aliphatic rings. The average molecular weight is 666 g/mol. The van der Waals surface area contributed by atoms with Gasteiger partial charge in [-0.3, -0.25) is 0 Å². The summed E-state index contributed by atoms with van der Waals surface area (Å²) in [7, 11) is 0. The van der Waals surface area contributed by atoms with Gasteiger partial charge < -0.3 is 105 Å². The summed E-state index contributed by atoms with van der Waals surface area (Å²) in [6.45, 7) is -3.00. The predicted octanol–water partition coefficient (Wildman–Crippen LogP) is -9.78. The van der Waals surface area contributed by atoms with Gasteiger partial charge in [0.2, 0.25) is 0 Å². The van der Waals surface area contributed by atoms with E-state index in [1.54, 1.807) is 0 Å². The highest BCUT2D eigenvalue weighted by Crippen LogP contribution is 2.32. The van der Waals surface area contributed by atoms with Crippen molar-refractivity contribution in [1.29, 1.82) is 0 Å². The number of hydrogen-bond acceptors (Lipinski definition) is 21. The lowest BCUT2D eigenvalue weighted by atomic mass is 9.96. The zero-order valence-corrected chi connectivity index (χ0v) is 23.6. The van der Waals surface area contributed by atoms with Crippen LogP contribution in [0.25, 0.3) is 0 Å². The number of ether oxygens (including phenoxy) is 7. The predicted molar refractivity (Wildman–Crippen MR) is 136 cm³/mol. The molecule has 4 heterocycles. The van der Waals surface area contributed by atoms with Gasteiger partial charge in [0.05, 0.1) is 32.5 Å². The molecule has 4 rings (SSSR count). The van der Waals surface area contributed by atoms with Crippen LogP contribution in [0.15, 0.2) is 0 Å². The molecule has 4 fully saturated rings. The molecule has 4 aliphatic heterocycles. The Labute approximate surface area is 255 Å². The normalized spacial score (nSPS) is 52.9. The van der Waals surface area contributed by atoms with Crippen molar-refractivity contribution in [2.75, 3.05) is 26.4 Å². The Morgan fingerprint density at radius 1 is 0.444 bits per heavy atom. The highest BCUT2D eigenvalue weighted by Gasteiger charge is 2.54. The Morgan fingerprint density at radius 3 is 1.58 bits per heavy atom. The molecule has 0 aromatic carbocycles. The summed E-state index contributed by atoms with van der Waals surface area (Å²) in [4.78, 5) is 0. The van der Waals surface area contributed by atoms with Gasteiger partial charge in [-0.1, -0.05) is 0 Å². The molecule has 264 valence electrons. The first-order chi connectivity index (χ1) is 21.2. The standard InChI is InChI=1S/C24H43NO20/c25-9-13(32)10(29)5(1-26)41-22(9)39-4-8-11(30)14(33)17(36)23(43-8)45-20-12(31)6(2-27)42-24(18(20)37)44-19-7(3-28)40-21(38)16(35)15(19)34/h5-24,26-38H,1-4,25H2/t5?,6?,7?,8?,9-,10-,11+,12-,13+,14-,15+,16-,17+,18-,19+,20-,21?,22?,23?,24?/m0/s1. The third kappa shape index (κ3) is 7.59. The summed E-state index contributed by atoms with van der Waals surface area (Å²) in [5.74, 6) is 0. The maximum atomic E-state index is 11.0. The molecule has 0 bridgehead atoms. The minimum Gasteiger partial charge on any atom is -0.394 e. The smallest absolute Gasteiger partial charge is 0.187 e. The van der Waals surface area contributed by atoms with E-state index in [1.165, 1.54) is 0 Å². The Bertz CT molecular complexity index is 920. The lowest BCUT2D eigenvalue weighted by molar-refractivity contribution is -0.380. The number of aliphatic hydroxyl groups is 13. The van der Waals surface area contributed by atoms with Gasteiger partial charge in [-0.2, -0.15) is 0 Å². The van der Waals surface area contributed by atoms with Crippen LogP contribution < -0.4 is 5.73 Å². The third-order valence-electron chi connectivity index (χ3n) is 8.27. The van der Waals surface area contributed by atoms with Crippen LogP contribution in [0.5, 0.6) is 0 Å². The Hall–Kier alpha value is -0.840. The summed E-state index contributed by atoms with van der Waals surface area (Å²) in [6, 6.07) is -1.31. The minimum absolute atomic E-state index is 0.621. The highest BCUT2D eigenvalue weighted by molar-refractivity contribution is 4.97. The van der Waals surface area contributed by atoms with Crippen LogP contribution in [0.3, 0.4) is 0 Å². The van der Waals surface area contributed by atoms with Gasteiger partial charge in [0.25, 0.3) is 0 Å². The van der Waals surface area contributed by atoms with Crippen LogP contribution in [-0.4, -0.2) is 216 Å². The molecule has 45 heavy (non-hydrogen) atoms. The van der Waals surface area contributed by atoms with Crippen molar-refractivity contribution in [1.82, 2.24) is 0 Å². The fourth-order valence-corrected chi connectivity index (χ4v) is 5.48. The molecule has 0 amide bonds. The fourth-order valence-electron chi connectivity index (χ4n) is 5.48. The topological polar surface area (TPSA) is 354 Å². The first-order valence-corrected chi connectivity index (χ1v) is 14.2. The van der Waals surface area contributed by atoms with E-state index in [2.05, 4.69) is 0 Å². The highest BCUT2D eigenvalue weighted by atomic mass is 16.8. The van der Waals surface area contributed by atoms with E-state index in [4.69, 9.17) is 38.9 Å². The average Bonchev–Trinajstić information content (AvgIpc) is 3.03. The van der Waals surface area contributed by atoms with Gasteiger partial charge in [0.15, 0.2) is 25.2 Å². The van der Waals surface area contributed by atoms with E-state index < -0.39 is 149 Å². The van der Waals surface area contributed by atoms with E-state index in [1.807, 2.05) is 0 Å². The summed E-state index contributed by atoms with van der Waals surface area (Å²) < 4.78 is 37.9. The van der Waals surface area contributed by atoms with Crippen LogP contribution in [0.1, 0.15) is 0 Å². The minimum atomic E-state index is -2.00. The Kier molecular flexibility index (Phi) is 12.8. The van der Waals surface area contributed by atoms with Gasteiger partial charge >= 0.3 is 0 Å². The first-order valence-electron chi connectivity index (χ1n) is 14.2. The number of hydrogen-bond donors (Lipinski definition) is 14. The molecule has 0 spiro atoms. The molecule has 0 aliphatic carbocycles. The van der Waals surface area contributed by atoms with Crippen molar-refractivity contribution in [3.8, 4) is 0 Å². The summed E-state index contributed by atoms with van der Waals surface area (Å²) >= 11 is 0. The second-order valence-corrected chi connectivity index (χ2v) is 11.3. The van der Waals surface area contributed by atoms with Gasteiger partial charge in [-0.15, -0.1) is 0 Å². The van der Waals surface area contributed by atoms with Crippen LogP contribution in [-0.2, 0) is 33.2 Å². The number of nitrogens with two attached hydrogens (primary N) is 1. The number of aliphatic hydroxyl groups excluding tert-OH is 13. The van der Waals surface area contributed by atoms with Crippen LogP contribution in [0.2, 0.25) is 0 Å². The molecular formula is C24H43NO20. The summed E-state index contributed by atoms with van der Waals surface area (Å²) in [6.07, 6.45) is -32.6. The van der Waals surface area contributed by atoms with Crippen LogP contribution in [0.4, 0.5) is 0 Å². The van der Waals surface area contributed by atoms with E-state index in [0.29, 0.717) is 0 Å². The fraction of sp³-hybridized carbons (Fsp3) is 1.00. The van der Waals surface area contributed by atoms with Crippen molar-refractivity contribution in [2.24, 2.45) is 5.73 Å². The van der Waals surface area contributed by atoms with E-state index in [0.717, 1.165) is 0 Å². The Balaban J connectivity index is 1.46. The van der Waals surface area contributed by atoms with Gasteiger partial charge in [0, 0.05) is 0 Å². The molecule has 4 saturated heterocycles. The molecule has 20 atom stereocenters. The zero-order valence-electron chi connectivity index (χ0n) is 23.6. The monoisotopic (exact) mass is 665 g/mol. The van der Waals surface area contributed by atoms with E-state index in [-0.39, 0.29) is 0 Å². The maximum Gasteiger partial charge on any atom is 0.187 e. The van der Waals surface area contributed by atoms with Crippen molar-refractivity contribution >= 4 is 0 Å². The molecule has 8 unspecified atom stereocenters. The quantitative estimate of drug-likeness (QED) is 0.103. The van der Waals surface area contributed by atoms with Crippen molar-refractivity contribution in [3.05, 3.63) is 0 Å². The lowest BCUT2D eigenvalue weighted by Gasteiger charge is -2.48. The molecule has 15 N–H and O–H groups in total. The van der Waals surface area contributed by atoms with Crippen molar-refractivity contribution in [2.45, 2.75) is 123 Å². The summed E-state index contributed by atoms with van der Waals surface area (Å²) in [5, 5.41) is 132. The second kappa shape index (κ2) is 15.6. The van der Waals surface area contributed by atoms with Crippen molar-refractivity contribution < 1.29 is 99.5 Å². The maximum absolute atomic E-state index is 11.0. The van der Waals surface area contributed by atoms with Crippen molar-refractivity contribution in [3.63, 3.8) is 0 Å². The van der Waals surface area contributed by atoms with Gasteiger partial charge in [-0.25, -0.2) is 0 Å². The molecule has 0 aromatic heterocycles. The van der Waals surface area contributed by atoms with E-state index >= 15 is 0 Å². The van der Waals surface area contributed by atoms with E-state index in [9.17, 15) is 66.4 Å². The first kappa shape index (κ1) is 37.0. The second-order valence-electron chi connectivity index (χ2n) is 11.3. The molecule has 0 radical (unpaired) electrons. The molecule has 21 heteroatoms. The number of rotatable bonds is 10. The third-order valence-corrected chi connectivity index (χ3v) is 8.27. The van der Waals surface area contributed by atoms with Gasteiger partial charge in [0.1, 0.15) is 91.6 Å². The van der Waals surface area contributed by atoms with Crippen LogP contribution in [0, 0.1) is 0 Å². The zero-order chi connectivity index (χ0) is 33.3. The van der Waals surface area contributed by atoms with Gasteiger partial charge in [-0.05, 0) is 0 Å². The van der Waals surface area contributed by atoms with Crippen LogP contribution >= 0.6 is 0 Å². The molecular weight excluding hydrogens is 622 g/mol. The summed E-state index contributed by atoms with van der Waals surface area (Å²) in [5.41, 5.74) is 5.84. The lowest BCUT2D eigenvalue weighted by Crippen LogP contribution is -2.67. The molecule has 0 saturated carbocycles. The Morgan fingerprint density at radius 2 is 0.956 bits per heavy atom. The molecule has 21 nitrogen and oxygen atoms in total.